The molecule has 0 fully saturated rings. The summed E-state index contributed by atoms with van der Waals surface area (Å²) < 4.78 is 5.68. The average molecular weight is 292 g/mol. The van der Waals surface area contributed by atoms with Gasteiger partial charge in [-0.1, -0.05) is 37.7 Å². The zero-order valence-corrected chi connectivity index (χ0v) is 12.9. The van der Waals surface area contributed by atoms with Crippen molar-refractivity contribution in [1.29, 1.82) is 0 Å². The first kappa shape index (κ1) is 14.9. The molecule has 0 aliphatic carbocycles. The number of rotatable bonds is 4. The molecule has 2 rings (SSSR count). The first-order chi connectivity index (χ1) is 9.56. The summed E-state index contributed by atoms with van der Waals surface area (Å²) in [6, 6.07) is 6.10. The van der Waals surface area contributed by atoms with Crippen LogP contribution in [0.15, 0.2) is 23.2 Å². The highest BCUT2D eigenvalue weighted by Crippen LogP contribution is 2.27. The minimum absolute atomic E-state index is 0.0166. The minimum atomic E-state index is -0.158. The second-order valence-corrected chi connectivity index (χ2v) is 6.15. The maximum absolute atomic E-state index is 11.8. The normalized spacial score (nSPS) is 14.3. The molecule has 4 nitrogen and oxygen atoms in total. The van der Waals surface area contributed by atoms with E-state index in [1.807, 2.05) is 13.0 Å². The van der Waals surface area contributed by atoms with Crippen LogP contribution in [0.5, 0.6) is 5.75 Å². The zero-order chi connectivity index (χ0) is 14.5. The Bertz CT molecular complexity index is 527. The van der Waals surface area contributed by atoms with Crippen molar-refractivity contribution in [2.75, 3.05) is 18.9 Å². The lowest BCUT2D eigenvalue weighted by Gasteiger charge is -2.14. The third kappa shape index (κ3) is 4.00. The number of hydrogen-bond acceptors (Lipinski definition) is 4. The highest BCUT2D eigenvalue weighted by molar-refractivity contribution is 8.14. The summed E-state index contributed by atoms with van der Waals surface area (Å²) in [6.07, 6.45) is 0. The molecule has 0 unspecified atom stereocenters. The third-order valence-corrected chi connectivity index (χ3v) is 3.87. The lowest BCUT2D eigenvalue weighted by molar-refractivity contribution is -0.121. The fraction of sp³-hybridized carbons (Fsp3) is 0.467. The molecule has 0 atom stereocenters. The number of nitrogens with one attached hydrogen (secondary N) is 1. The van der Waals surface area contributed by atoms with Crippen LogP contribution in [-0.2, 0) is 4.79 Å². The number of carbonyl (C=O) groups is 1. The molecule has 20 heavy (non-hydrogen) atoms. The summed E-state index contributed by atoms with van der Waals surface area (Å²) in [7, 11) is 0. The number of hydrogen-bond donors (Lipinski definition) is 1. The Morgan fingerprint density at radius 2 is 2.30 bits per heavy atom. The van der Waals surface area contributed by atoms with Gasteiger partial charge >= 0.3 is 0 Å². The van der Waals surface area contributed by atoms with Gasteiger partial charge in [-0.2, -0.15) is 0 Å². The van der Waals surface area contributed by atoms with Crippen LogP contribution >= 0.6 is 11.8 Å². The molecule has 108 valence electrons. The number of thioether (sulfide) groups is 1. The maximum Gasteiger partial charge on any atom is 0.263 e. The quantitative estimate of drug-likeness (QED) is 0.928. The van der Waals surface area contributed by atoms with Gasteiger partial charge in [-0.25, -0.2) is 0 Å². The zero-order valence-electron chi connectivity index (χ0n) is 12.1. The summed E-state index contributed by atoms with van der Waals surface area (Å²) in [5.41, 5.74) is 2.25. The number of carbonyl (C=O) groups excluding carboxylic acids is 1. The number of amidine groups is 1. The van der Waals surface area contributed by atoms with Crippen LogP contribution in [0, 0.1) is 6.92 Å². The average Bonchev–Trinajstić information content (AvgIpc) is 2.89. The van der Waals surface area contributed by atoms with E-state index < -0.39 is 0 Å². The number of aliphatic imine (C=N–C) groups is 1. The van der Waals surface area contributed by atoms with E-state index in [0.29, 0.717) is 11.1 Å². The van der Waals surface area contributed by atoms with E-state index in [9.17, 15) is 4.79 Å². The van der Waals surface area contributed by atoms with Crippen LogP contribution in [0.1, 0.15) is 30.9 Å². The molecule has 1 amide bonds. The van der Waals surface area contributed by atoms with E-state index in [4.69, 9.17) is 4.74 Å². The van der Waals surface area contributed by atoms with Gasteiger partial charge in [-0.05, 0) is 30.0 Å². The van der Waals surface area contributed by atoms with E-state index in [1.54, 1.807) is 11.8 Å². The molecule has 0 spiro atoms. The largest absolute Gasteiger partial charge is 0.483 e. The van der Waals surface area contributed by atoms with Crippen LogP contribution in [0.25, 0.3) is 0 Å². The van der Waals surface area contributed by atoms with Gasteiger partial charge in [0.1, 0.15) is 5.75 Å². The van der Waals surface area contributed by atoms with E-state index in [0.717, 1.165) is 29.2 Å². The number of aryl methyl sites for hydroxylation is 1. The highest BCUT2D eigenvalue weighted by Gasteiger charge is 2.13. The van der Waals surface area contributed by atoms with Crippen LogP contribution in [0.4, 0.5) is 0 Å². The Hall–Kier alpha value is -1.49. The van der Waals surface area contributed by atoms with E-state index in [2.05, 4.69) is 36.3 Å². The summed E-state index contributed by atoms with van der Waals surface area (Å²) in [5, 5.41) is 3.46. The topological polar surface area (TPSA) is 50.7 Å². The van der Waals surface area contributed by atoms with Crippen molar-refractivity contribution in [3.8, 4) is 5.75 Å². The van der Waals surface area contributed by atoms with Crippen molar-refractivity contribution >= 4 is 22.8 Å². The summed E-state index contributed by atoms with van der Waals surface area (Å²) in [4.78, 5) is 16.0. The van der Waals surface area contributed by atoms with Crippen LogP contribution in [0.3, 0.4) is 0 Å². The maximum atomic E-state index is 11.8. The number of amides is 1. The second kappa shape index (κ2) is 6.79. The van der Waals surface area contributed by atoms with E-state index >= 15 is 0 Å². The first-order valence-electron chi connectivity index (χ1n) is 6.76. The van der Waals surface area contributed by atoms with Gasteiger partial charge < -0.3 is 10.1 Å². The molecule has 0 radical (unpaired) electrons. The van der Waals surface area contributed by atoms with E-state index in [-0.39, 0.29) is 12.5 Å². The molecule has 1 N–H and O–H groups in total. The summed E-state index contributed by atoms with van der Waals surface area (Å²) >= 11 is 1.57. The van der Waals surface area contributed by atoms with Crippen LogP contribution < -0.4 is 10.1 Å². The molecule has 1 aromatic carbocycles. The van der Waals surface area contributed by atoms with Gasteiger partial charge in [0, 0.05) is 5.75 Å². The van der Waals surface area contributed by atoms with Gasteiger partial charge in [0.15, 0.2) is 11.8 Å². The molecule has 0 bridgehead atoms. The molecule has 5 heteroatoms. The minimum Gasteiger partial charge on any atom is -0.483 e. The summed E-state index contributed by atoms with van der Waals surface area (Å²) in [6.45, 7) is 7.03. The number of ether oxygens (including phenoxy) is 1. The Labute approximate surface area is 124 Å². The lowest BCUT2D eigenvalue weighted by atomic mass is 10.0. The Morgan fingerprint density at radius 3 is 2.95 bits per heavy atom. The Balaban J connectivity index is 1.95. The van der Waals surface area contributed by atoms with Gasteiger partial charge in [0.05, 0.1) is 6.54 Å². The standard InChI is InChI=1S/C15H20N2O2S/c1-10(2)12-5-4-11(3)8-13(12)19-9-14(18)17-15-16-6-7-20-15/h4-5,8,10H,6-7,9H2,1-3H3,(H,16,17,18). The van der Waals surface area contributed by atoms with Crippen LogP contribution in [0.2, 0.25) is 0 Å². The molecule has 1 aromatic rings. The predicted molar refractivity (Wildman–Crippen MR) is 83.7 cm³/mol. The Kier molecular flexibility index (Phi) is 5.06. The molecular formula is C15H20N2O2S. The fourth-order valence-electron chi connectivity index (χ4n) is 1.95. The predicted octanol–water partition coefficient (Wildman–Crippen LogP) is 2.72. The smallest absolute Gasteiger partial charge is 0.263 e. The molecule has 0 aromatic heterocycles. The van der Waals surface area contributed by atoms with Crippen LogP contribution in [-0.4, -0.2) is 30.0 Å². The highest BCUT2D eigenvalue weighted by atomic mass is 32.2. The lowest BCUT2D eigenvalue weighted by Crippen LogP contribution is -2.32. The molecule has 1 aliphatic heterocycles. The van der Waals surface area contributed by atoms with E-state index in [1.165, 1.54) is 0 Å². The number of nitrogens with zero attached hydrogens (tertiary/aromatic N) is 1. The van der Waals surface area contributed by atoms with Crippen molar-refractivity contribution in [2.24, 2.45) is 4.99 Å². The van der Waals surface area contributed by atoms with Crippen molar-refractivity contribution < 1.29 is 9.53 Å². The third-order valence-electron chi connectivity index (χ3n) is 2.98. The van der Waals surface area contributed by atoms with Crippen molar-refractivity contribution in [2.45, 2.75) is 26.7 Å². The first-order valence-corrected chi connectivity index (χ1v) is 7.75. The molecule has 1 heterocycles. The van der Waals surface area contributed by atoms with Gasteiger partial charge in [0.2, 0.25) is 0 Å². The van der Waals surface area contributed by atoms with Gasteiger partial charge in [-0.15, -0.1) is 0 Å². The second-order valence-electron chi connectivity index (χ2n) is 5.07. The SMILES string of the molecule is Cc1ccc(C(C)C)c(OCC(=O)NC2=NCCS2)c1. The summed E-state index contributed by atoms with van der Waals surface area (Å²) in [5.74, 6) is 1.93. The van der Waals surface area contributed by atoms with Gasteiger partial charge in [0.25, 0.3) is 5.91 Å². The van der Waals surface area contributed by atoms with Gasteiger partial charge in [-0.3, -0.25) is 9.79 Å². The number of benzene rings is 1. The van der Waals surface area contributed by atoms with Crippen molar-refractivity contribution in [1.82, 2.24) is 5.32 Å². The van der Waals surface area contributed by atoms with Crippen molar-refractivity contribution in [3.05, 3.63) is 29.3 Å². The Morgan fingerprint density at radius 1 is 1.50 bits per heavy atom. The molecule has 1 aliphatic rings. The van der Waals surface area contributed by atoms with Crippen molar-refractivity contribution in [3.63, 3.8) is 0 Å². The molecule has 0 saturated carbocycles. The molecule has 0 saturated heterocycles. The fourth-order valence-corrected chi connectivity index (χ4v) is 2.70. The molecular weight excluding hydrogens is 272 g/mol. The monoisotopic (exact) mass is 292 g/mol.